The van der Waals surface area contributed by atoms with Crippen molar-refractivity contribution in [3.05, 3.63) is 24.0 Å². The van der Waals surface area contributed by atoms with Crippen LogP contribution in [0.5, 0.6) is 0 Å². The van der Waals surface area contributed by atoms with Crippen LogP contribution in [0.25, 0.3) is 0 Å². The van der Waals surface area contributed by atoms with Gasteiger partial charge in [-0.1, -0.05) is 16.9 Å². The number of carbonyl (C=O) groups excluding carboxylic acids is 1. The zero-order valence-corrected chi connectivity index (χ0v) is 13.5. The Morgan fingerprint density at radius 3 is 2.86 bits per heavy atom. The van der Waals surface area contributed by atoms with Crippen molar-refractivity contribution in [3.8, 4) is 0 Å². The van der Waals surface area contributed by atoms with Gasteiger partial charge in [0.2, 0.25) is 5.91 Å². The maximum absolute atomic E-state index is 12.6. The highest BCUT2D eigenvalue weighted by Gasteiger charge is 2.38. The highest BCUT2D eigenvalue weighted by Crippen LogP contribution is 2.27. The summed E-state index contributed by atoms with van der Waals surface area (Å²) >= 11 is 0. The van der Waals surface area contributed by atoms with Crippen molar-refractivity contribution in [1.82, 2.24) is 24.8 Å². The highest BCUT2D eigenvalue weighted by atomic mass is 16.2. The maximum atomic E-state index is 12.6. The van der Waals surface area contributed by atoms with Gasteiger partial charge in [-0.05, 0) is 39.8 Å². The average molecular weight is 303 g/mol. The summed E-state index contributed by atoms with van der Waals surface area (Å²) in [4.78, 5) is 16.8. The normalized spacial score (nSPS) is 25.6. The van der Waals surface area contributed by atoms with Gasteiger partial charge in [0.25, 0.3) is 0 Å². The molecule has 22 heavy (non-hydrogen) atoms. The van der Waals surface area contributed by atoms with E-state index in [4.69, 9.17) is 0 Å². The number of allylic oxidation sites excluding steroid dienone is 1. The molecular formula is C16H25N5O. The molecule has 0 bridgehead atoms. The number of nitrogens with zero attached hydrogens (tertiary/aromatic N) is 5. The van der Waals surface area contributed by atoms with E-state index in [9.17, 15) is 4.79 Å². The van der Waals surface area contributed by atoms with Crippen molar-refractivity contribution in [2.24, 2.45) is 0 Å². The fourth-order valence-electron chi connectivity index (χ4n) is 3.51. The van der Waals surface area contributed by atoms with Crippen LogP contribution in [0, 0.1) is 0 Å². The number of rotatable bonds is 4. The number of aromatic nitrogens is 3. The molecule has 0 saturated carbocycles. The third-order valence-corrected chi connectivity index (χ3v) is 4.82. The molecule has 6 heteroatoms. The molecule has 1 fully saturated rings. The SMILES string of the molecule is CN(C)[C@@H]1CN(C(=O)CC2=CCCCC2)C[C@@H]1n1ccnn1. The molecule has 1 amide bonds. The lowest BCUT2D eigenvalue weighted by Crippen LogP contribution is -2.37. The van der Waals surface area contributed by atoms with E-state index < -0.39 is 0 Å². The summed E-state index contributed by atoms with van der Waals surface area (Å²) in [6.07, 6.45) is 11.1. The second-order valence-corrected chi connectivity index (χ2v) is 6.57. The fourth-order valence-corrected chi connectivity index (χ4v) is 3.51. The maximum Gasteiger partial charge on any atom is 0.226 e. The van der Waals surface area contributed by atoms with Crippen LogP contribution in [-0.4, -0.2) is 63.9 Å². The van der Waals surface area contributed by atoms with Gasteiger partial charge in [0.1, 0.15) is 0 Å². The first-order valence-electron chi connectivity index (χ1n) is 8.13. The predicted molar refractivity (Wildman–Crippen MR) is 84.3 cm³/mol. The minimum absolute atomic E-state index is 0.182. The second-order valence-electron chi connectivity index (χ2n) is 6.57. The summed E-state index contributed by atoms with van der Waals surface area (Å²) in [5.41, 5.74) is 1.32. The van der Waals surface area contributed by atoms with Gasteiger partial charge in [-0.25, -0.2) is 4.68 Å². The summed E-state index contributed by atoms with van der Waals surface area (Å²) in [6, 6.07) is 0.466. The first kappa shape index (κ1) is 15.2. The number of likely N-dealkylation sites (tertiary alicyclic amines) is 1. The summed E-state index contributed by atoms with van der Waals surface area (Å²) in [5, 5.41) is 8.04. The molecule has 2 heterocycles. The van der Waals surface area contributed by atoms with Crippen LogP contribution in [0.4, 0.5) is 0 Å². The van der Waals surface area contributed by atoms with Gasteiger partial charge in [0.15, 0.2) is 0 Å². The molecule has 120 valence electrons. The van der Waals surface area contributed by atoms with Gasteiger partial charge in [-0.15, -0.1) is 5.10 Å². The number of hydrogen-bond donors (Lipinski definition) is 0. The van der Waals surface area contributed by atoms with Crippen LogP contribution in [0.1, 0.15) is 38.1 Å². The van der Waals surface area contributed by atoms with E-state index in [1.54, 1.807) is 6.20 Å². The van der Waals surface area contributed by atoms with E-state index in [0.29, 0.717) is 6.42 Å². The van der Waals surface area contributed by atoms with E-state index in [-0.39, 0.29) is 18.0 Å². The van der Waals surface area contributed by atoms with Gasteiger partial charge in [0.05, 0.1) is 18.3 Å². The van der Waals surface area contributed by atoms with E-state index in [2.05, 4.69) is 35.4 Å². The Kier molecular flexibility index (Phi) is 4.57. The summed E-state index contributed by atoms with van der Waals surface area (Å²) in [5.74, 6) is 0.252. The molecule has 0 unspecified atom stereocenters. The molecule has 6 nitrogen and oxygen atoms in total. The fraction of sp³-hybridized carbons (Fsp3) is 0.688. The van der Waals surface area contributed by atoms with Crippen molar-refractivity contribution >= 4 is 5.91 Å². The Labute approximate surface area is 131 Å². The second kappa shape index (κ2) is 6.60. The van der Waals surface area contributed by atoms with Crippen molar-refractivity contribution in [3.63, 3.8) is 0 Å². The first-order chi connectivity index (χ1) is 10.6. The van der Waals surface area contributed by atoms with Crippen LogP contribution in [0.3, 0.4) is 0 Å². The minimum atomic E-state index is 0.182. The topological polar surface area (TPSA) is 54.3 Å². The van der Waals surface area contributed by atoms with E-state index >= 15 is 0 Å². The van der Waals surface area contributed by atoms with Crippen LogP contribution in [0.15, 0.2) is 24.0 Å². The van der Waals surface area contributed by atoms with Crippen LogP contribution >= 0.6 is 0 Å². The lowest BCUT2D eigenvalue weighted by Gasteiger charge is -2.24. The Balaban J connectivity index is 1.67. The molecule has 2 atom stereocenters. The smallest absolute Gasteiger partial charge is 0.226 e. The number of hydrogen-bond acceptors (Lipinski definition) is 4. The lowest BCUT2D eigenvalue weighted by molar-refractivity contribution is -0.129. The third kappa shape index (κ3) is 3.21. The van der Waals surface area contributed by atoms with Crippen molar-refractivity contribution < 1.29 is 4.79 Å². The van der Waals surface area contributed by atoms with Gasteiger partial charge in [0, 0.05) is 25.7 Å². The quantitative estimate of drug-likeness (QED) is 0.791. The Hall–Kier alpha value is -1.69. The summed E-state index contributed by atoms with van der Waals surface area (Å²) in [7, 11) is 4.12. The zero-order valence-electron chi connectivity index (χ0n) is 13.5. The van der Waals surface area contributed by atoms with E-state index in [1.807, 2.05) is 15.8 Å². The molecule has 2 aliphatic rings. The van der Waals surface area contributed by atoms with Crippen LogP contribution < -0.4 is 0 Å². The molecule has 1 aliphatic heterocycles. The monoisotopic (exact) mass is 303 g/mol. The number of amides is 1. The Bertz CT molecular complexity index is 537. The molecule has 1 aliphatic carbocycles. The van der Waals surface area contributed by atoms with Gasteiger partial charge < -0.3 is 9.80 Å². The third-order valence-electron chi connectivity index (χ3n) is 4.82. The number of carbonyl (C=O) groups is 1. The highest BCUT2D eigenvalue weighted by molar-refractivity contribution is 5.79. The standard InChI is InChI=1S/C16H25N5O/c1-19(2)14-11-20(12-15(14)21-9-8-17-18-21)16(22)10-13-6-4-3-5-7-13/h6,8-9,14-15H,3-5,7,10-12H2,1-2H3/t14-,15+/m1/s1. The first-order valence-corrected chi connectivity index (χ1v) is 8.13. The molecule has 0 spiro atoms. The Morgan fingerprint density at radius 1 is 1.36 bits per heavy atom. The van der Waals surface area contributed by atoms with Crippen molar-refractivity contribution in [2.45, 2.75) is 44.2 Å². The molecule has 1 aromatic rings. The zero-order chi connectivity index (χ0) is 15.5. The number of likely N-dealkylation sites (N-methyl/N-ethyl adjacent to an activating group) is 1. The lowest BCUT2D eigenvalue weighted by atomic mass is 9.97. The Morgan fingerprint density at radius 2 is 2.23 bits per heavy atom. The van der Waals surface area contributed by atoms with E-state index in [0.717, 1.165) is 25.9 Å². The molecular weight excluding hydrogens is 278 g/mol. The predicted octanol–water partition coefficient (Wildman–Crippen LogP) is 1.48. The molecule has 1 saturated heterocycles. The molecule has 0 aromatic carbocycles. The largest absolute Gasteiger partial charge is 0.339 e. The average Bonchev–Trinajstić information content (AvgIpc) is 3.17. The van der Waals surface area contributed by atoms with Crippen molar-refractivity contribution in [1.29, 1.82) is 0 Å². The van der Waals surface area contributed by atoms with Gasteiger partial charge >= 0.3 is 0 Å². The summed E-state index contributed by atoms with van der Waals surface area (Å²) in [6.45, 7) is 1.49. The van der Waals surface area contributed by atoms with E-state index in [1.165, 1.54) is 18.4 Å². The van der Waals surface area contributed by atoms with Gasteiger partial charge in [-0.2, -0.15) is 0 Å². The van der Waals surface area contributed by atoms with Crippen LogP contribution in [-0.2, 0) is 4.79 Å². The minimum Gasteiger partial charge on any atom is -0.339 e. The molecule has 1 aromatic heterocycles. The van der Waals surface area contributed by atoms with Gasteiger partial charge in [-0.3, -0.25) is 4.79 Å². The van der Waals surface area contributed by atoms with Crippen molar-refractivity contribution in [2.75, 3.05) is 27.2 Å². The molecule has 0 radical (unpaired) electrons. The molecule has 0 N–H and O–H groups in total. The summed E-state index contributed by atoms with van der Waals surface area (Å²) < 4.78 is 1.89. The van der Waals surface area contributed by atoms with Crippen LogP contribution in [0.2, 0.25) is 0 Å². The molecule has 3 rings (SSSR count).